The zero-order valence-corrected chi connectivity index (χ0v) is 20.7. The average Bonchev–Trinajstić information content (AvgIpc) is 3.23. The van der Waals surface area contributed by atoms with Crippen LogP contribution in [0.25, 0.3) is 6.08 Å². The van der Waals surface area contributed by atoms with Crippen LogP contribution in [0.3, 0.4) is 0 Å². The number of methoxy groups -OCH3 is 1. The number of hydrogen-bond donors (Lipinski definition) is 0. The highest BCUT2D eigenvalue weighted by Crippen LogP contribution is 2.35. The van der Waals surface area contributed by atoms with Crippen molar-refractivity contribution in [1.82, 2.24) is 0 Å². The summed E-state index contributed by atoms with van der Waals surface area (Å²) in [5.41, 5.74) is 1.75. The summed E-state index contributed by atoms with van der Waals surface area (Å²) in [5.74, 6) is 0.283. The third kappa shape index (κ3) is 5.49. The molecule has 1 aliphatic rings. The van der Waals surface area contributed by atoms with Crippen molar-refractivity contribution in [3.63, 3.8) is 0 Å². The number of carbonyl (C=O) groups is 1. The van der Waals surface area contributed by atoms with Gasteiger partial charge in [-0.25, -0.2) is 9.79 Å². The third-order valence-electron chi connectivity index (χ3n) is 5.03. The smallest absolute Gasteiger partial charge is 0.363 e. The van der Waals surface area contributed by atoms with Crippen LogP contribution in [0.4, 0.5) is 11.4 Å². The van der Waals surface area contributed by atoms with Crippen molar-refractivity contribution in [2.24, 2.45) is 4.99 Å². The van der Waals surface area contributed by atoms with Crippen molar-refractivity contribution in [2.45, 2.75) is 6.61 Å². The van der Waals surface area contributed by atoms with Gasteiger partial charge in [0.25, 0.3) is 11.4 Å². The van der Waals surface area contributed by atoms with Gasteiger partial charge in [-0.05, 0) is 76.2 Å². The number of nitro groups is 2. The number of carbonyl (C=O) groups excluding carboxylic acids is 1. The molecule has 0 aromatic heterocycles. The van der Waals surface area contributed by atoms with Crippen LogP contribution in [0.15, 0.2) is 71.4 Å². The molecule has 0 fully saturated rings. The number of benzene rings is 3. The van der Waals surface area contributed by atoms with Crippen molar-refractivity contribution in [3.8, 4) is 11.5 Å². The van der Waals surface area contributed by atoms with Gasteiger partial charge in [0.1, 0.15) is 6.61 Å². The highest BCUT2D eigenvalue weighted by atomic mass is 127. The lowest BCUT2D eigenvalue weighted by molar-refractivity contribution is -0.385. The van der Waals surface area contributed by atoms with Gasteiger partial charge in [-0.15, -0.1) is 0 Å². The summed E-state index contributed by atoms with van der Waals surface area (Å²) in [7, 11) is 1.48. The Kier molecular flexibility index (Phi) is 7.24. The molecule has 3 aromatic carbocycles. The SMILES string of the molecule is COc1cc(/C=C2\N=C(c3ccc([N+](=O)[O-])cc3)OC2=O)cc(I)c1OCc1ccc([N+](=O)[O-])cc1. The van der Waals surface area contributed by atoms with E-state index in [9.17, 15) is 25.0 Å². The zero-order chi connectivity index (χ0) is 25.8. The summed E-state index contributed by atoms with van der Waals surface area (Å²) < 4.78 is 17.3. The summed E-state index contributed by atoms with van der Waals surface area (Å²) in [6.07, 6.45) is 1.53. The Labute approximate surface area is 217 Å². The second kappa shape index (κ2) is 10.5. The number of rotatable bonds is 8. The van der Waals surface area contributed by atoms with E-state index < -0.39 is 15.8 Å². The van der Waals surface area contributed by atoms with Crippen molar-refractivity contribution in [1.29, 1.82) is 0 Å². The predicted molar refractivity (Wildman–Crippen MR) is 137 cm³/mol. The summed E-state index contributed by atoms with van der Waals surface area (Å²) in [5, 5.41) is 21.6. The Hall–Kier alpha value is -4.33. The maximum absolute atomic E-state index is 12.4. The minimum atomic E-state index is -0.657. The predicted octanol–water partition coefficient (Wildman–Crippen LogP) is 5.04. The fourth-order valence-corrected chi connectivity index (χ4v) is 4.03. The fourth-order valence-electron chi connectivity index (χ4n) is 3.25. The number of aliphatic imine (C=N–C) groups is 1. The van der Waals surface area contributed by atoms with Gasteiger partial charge in [-0.1, -0.05) is 0 Å². The maximum atomic E-state index is 12.4. The van der Waals surface area contributed by atoms with Crippen LogP contribution in [0.5, 0.6) is 11.5 Å². The molecule has 0 bridgehead atoms. The molecule has 0 unspecified atom stereocenters. The van der Waals surface area contributed by atoms with E-state index in [4.69, 9.17) is 14.2 Å². The molecule has 0 spiro atoms. The molecule has 4 rings (SSSR count). The number of ether oxygens (including phenoxy) is 3. The number of nitrogens with zero attached hydrogens (tertiary/aromatic N) is 3. The van der Waals surface area contributed by atoms with E-state index in [-0.39, 0.29) is 29.6 Å². The highest BCUT2D eigenvalue weighted by molar-refractivity contribution is 14.1. The number of non-ortho nitro benzene ring substituents is 2. The molecule has 0 N–H and O–H groups in total. The minimum Gasteiger partial charge on any atom is -0.493 e. The Balaban J connectivity index is 1.54. The van der Waals surface area contributed by atoms with Crippen LogP contribution in [0.1, 0.15) is 16.7 Å². The molecule has 12 heteroatoms. The maximum Gasteiger partial charge on any atom is 0.363 e. The van der Waals surface area contributed by atoms with Crippen molar-refractivity contribution in [2.75, 3.05) is 7.11 Å². The van der Waals surface area contributed by atoms with Gasteiger partial charge >= 0.3 is 5.97 Å². The van der Waals surface area contributed by atoms with Crippen LogP contribution in [0.2, 0.25) is 0 Å². The van der Waals surface area contributed by atoms with Crippen LogP contribution in [-0.2, 0) is 16.1 Å². The normalized spacial score (nSPS) is 13.8. The first kappa shape index (κ1) is 24.8. The molecule has 0 aliphatic carbocycles. The average molecular weight is 601 g/mol. The molecular weight excluding hydrogens is 585 g/mol. The lowest BCUT2D eigenvalue weighted by Crippen LogP contribution is -2.05. The summed E-state index contributed by atoms with van der Waals surface area (Å²) >= 11 is 2.07. The largest absolute Gasteiger partial charge is 0.493 e. The first-order chi connectivity index (χ1) is 17.2. The quantitative estimate of drug-likeness (QED) is 0.115. The Morgan fingerprint density at radius 2 is 1.61 bits per heavy atom. The first-order valence-electron chi connectivity index (χ1n) is 10.3. The minimum absolute atomic E-state index is 0.00636. The van der Waals surface area contributed by atoms with Gasteiger partial charge in [0.15, 0.2) is 17.2 Å². The van der Waals surface area contributed by atoms with Gasteiger partial charge in [0, 0.05) is 29.8 Å². The monoisotopic (exact) mass is 601 g/mol. The van der Waals surface area contributed by atoms with Crippen molar-refractivity contribution < 1.29 is 28.9 Å². The molecule has 1 aliphatic heterocycles. The van der Waals surface area contributed by atoms with Crippen molar-refractivity contribution >= 4 is 51.9 Å². The third-order valence-corrected chi connectivity index (χ3v) is 5.83. The molecule has 0 radical (unpaired) electrons. The van der Waals surface area contributed by atoms with E-state index in [1.807, 2.05) is 0 Å². The van der Waals surface area contributed by atoms with Crippen molar-refractivity contribution in [3.05, 3.63) is 107 Å². The summed E-state index contributed by atoms with van der Waals surface area (Å²) in [4.78, 5) is 37.2. The molecule has 0 atom stereocenters. The van der Waals surface area contributed by atoms with Gasteiger partial charge < -0.3 is 14.2 Å². The van der Waals surface area contributed by atoms with E-state index in [0.29, 0.717) is 26.2 Å². The van der Waals surface area contributed by atoms with Gasteiger partial charge in [0.05, 0.1) is 20.5 Å². The van der Waals surface area contributed by atoms with Gasteiger partial charge in [-0.3, -0.25) is 20.2 Å². The van der Waals surface area contributed by atoms with E-state index in [0.717, 1.165) is 5.56 Å². The number of halogens is 1. The molecule has 182 valence electrons. The standard InChI is InChI=1S/C24H16IN3O8/c1-34-21-12-15(10-19(25)22(21)35-13-14-2-6-17(7-3-14)27(30)31)11-20-24(29)36-23(26-20)16-4-8-18(9-5-16)28(32)33/h2-12H,13H2,1H3/b20-11-. The summed E-state index contributed by atoms with van der Waals surface area (Å²) in [6.45, 7) is 0.167. The first-order valence-corrected chi connectivity index (χ1v) is 11.3. The second-order valence-electron chi connectivity index (χ2n) is 7.39. The number of esters is 1. The Morgan fingerprint density at radius 3 is 2.19 bits per heavy atom. The number of hydrogen-bond acceptors (Lipinski definition) is 9. The fraction of sp³-hybridized carbons (Fsp3) is 0.0833. The van der Waals surface area contributed by atoms with Gasteiger partial charge in [0.2, 0.25) is 5.90 Å². The zero-order valence-electron chi connectivity index (χ0n) is 18.5. The van der Waals surface area contributed by atoms with Gasteiger partial charge in [-0.2, -0.15) is 0 Å². The molecule has 1 heterocycles. The van der Waals surface area contributed by atoms with E-state index in [2.05, 4.69) is 27.6 Å². The molecular formula is C24H16IN3O8. The molecule has 11 nitrogen and oxygen atoms in total. The number of nitro benzene ring substituents is 2. The molecule has 0 saturated carbocycles. The van der Waals surface area contributed by atoms with Crippen LogP contribution in [0, 0.1) is 23.8 Å². The van der Waals surface area contributed by atoms with E-state index >= 15 is 0 Å². The highest BCUT2D eigenvalue weighted by Gasteiger charge is 2.25. The van der Waals surface area contributed by atoms with Crippen LogP contribution < -0.4 is 9.47 Å². The Morgan fingerprint density at radius 1 is 1.00 bits per heavy atom. The lowest BCUT2D eigenvalue weighted by atomic mass is 10.1. The molecule has 36 heavy (non-hydrogen) atoms. The Bertz CT molecular complexity index is 1420. The van der Waals surface area contributed by atoms with E-state index in [1.54, 1.807) is 24.3 Å². The summed E-state index contributed by atoms with van der Waals surface area (Å²) in [6, 6.07) is 15.0. The lowest BCUT2D eigenvalue weighted by Gasteiger charge is -2.13. The topological polar surface area (TPSA) is 143 Å². The van der Waals surface area contributed by atoms with E-state index in [1.165, 1.54) is 49.6 Å². The molecule has 0 amide bonds. The second-order valence-corrected chi connectivity index (χ2v) is 8.55. The molecule has 0 saturated heterocycles. The molecule has 3 aromatic rings. The number of cyclic esters (lactones) is 1. The van der Waals surface area contributed by atoms with Crippen LogP contribution >= 0.6 is 22.6 Å². The van der Waals surface area contributed by atoms with Crippen LogP contribution in [-0.4, -0.2) is 28.8 Å².